The Kier molecular flexibility index (Phi) is 5.30. The molecule has 1 aromatic carbocycles. The van der Waals surface area contributed by atoms with E-state index < -0.39 is 11.9 Å². The number of methoxy groups -OCH3 is 3. The number of benzene rings is 1. The Morgan fingerprint density at radius 1 is 1.22 bits per heavy atom. The van der Waals surface area contributed by atoms with E-state index >= 15 is 0 Å². The smallest absolute Gasteiger partial charge is 0.336 e. The Bertz CT molecular complexity index is 683. The van der Waals surface area contributed by atoms with Crippen LogP contribution in [-0.2, 0) is 14.3 Å². The lowest BCUT2D eigenvalue weighted by Crippen LogP contribution is -2.34. The summed E-state index contributed by atoms with van der Waals surface area (Å²) in [6.45, 7) is 1.69. The zero-order valence-corrected chi connectivity index (χ0v) is 14.9. The maximum Gasteiger partial charge on any atom is 0.336 e. The molecule has 7 heteroatoms. The highest BCUT2D eigenvalue weighted by Gasteiger charge is 2.34. The second kappa shape index (κ2) is 7.04. The monoisotopic (exact) mass is 383 g/mol. The van der Waals surface area contributed by atoms with Crippen LogP contribution in [0.4, 0.5) is 0 Å². The molecular formula is C16H18BrNO5. The summed E-state index contributed by atoms with van der Waals surface area (Å²) in [6, 6.07) is 3.52. The van der Waals surface area contributed by atoms with Crippen molar-refractivity contribution >= 4 is 27.8 Å². The molecule has 1 unspecified atom stereocenters. The number of nitrogens with one attached hydrogen (secondary N) is 1. The molecule has 0 bridgehead atoms. The number of allylic oxidation sites excluding steroid dienone is 1. The first-order valence-electron chi connectivity index (χ1n) is 6.93. The molecule has 1 aromatic rings. The van der Waals surface area contributed by atoms with Crippen LogP contribution in [0, 0.1) is 0 Å². The second-order valence-electron chi connectivity index (χ2n) is 5.06. The summed E-state index contributed by atoms with van der Waals surface area (Å²) in [5.74, 6) is 0.0451. The minimum Gasteiger partial charge on any atom is -0.493 e. The van der Waals surface area contributed by atoms with Crippen molar-refractivity contribution in [1.29, 1.82) is 0 Å². The molecule has 2 rings (SSSR count). The van der Waals surface area contributed by atoms with E-state index in [-0.39, 0.29) is 12.3 Å². The number of hydrogen-bond acceptors (Lipinski definition) is 5. The van der Waals surface area contributed by atoms with Gasteiger partial charge in [0.25, 0.3) is 0 Å². The minimum absolute atomic E-state index is 0.149. The Morgan fingerprint density at radius 2 is 1.83 bits per heavy atom. The molecule has 0 spiro atoms. The average molecular weight is 384 g/mol. The first-order chi connectivity index (χ1) is 10.9. The number of hydrogen-bond donors (Lipinski definition) is 1. The van der Waals surface area contributed by atoms with Gasteiger partial charge < -0.3 is 19.5 Å². The van der Waals surface area contributed by atoms with Crippen molar-refractivity contribution < 1.29 is 23.8 Å². The van der Waals surface area contributed by atoms with Gasteiger partial charge in [0.1, 0.15) is 0 Å². The SMILES string of the molecule is COC(=O)C1=C(C)NC(=O)CC1c1cc(OC)c(OC)cc1Br. The van der Waals surface area contributed by atoms with E-state index in [1.54, 1.807) is 26.2 Å². The predicted molar refractivity (Wildman–Crippen MR) is 87.5 cm³/mol. The number of carbonyl (C=O) groups excluding carboxylic acids is 2. The minimum atomic E-state index is -0.464. The maximum absolute atomic E-state index is 12.2. The fraction of sp³-hybridized carbons (Fsp3) is 0.375. The van der Waals surface area contributed by atoms with Gasteiger partial charge in [-0.1, -0.05) is 15.9 Å². The van der Waals surface area contributed by atoms with Gasteiger partial charge in [0.05, 0.1) is 26.9 Å². The van der Waals surface area contributed by atoms with E-state index in [0.717, 1.165) is 10.0 Å². The predicted octanol–water partition coefficient (Wildman–Crippen LogP) is 2.52. The summed E-state index contributed by atoms with van der Waals surface area (Å²) in [5, 5.41) is 2.68. The largest absolute Gasteiger partial charge is 0.493 e. The Labute approximate surface area is 142 Å². The third kappa shape index (κ3) is 3.34. The number of ether oxygens (including phenoxy) is 3. The summed E-state index contributed by atoms with van der Waals surface area (Å²) in [7, 11) is 4.40. The summed E-state index contributed by atoms with van der Waals surface area (Å²) in [5.41, 5.74) is 1.69. The molecule has 124 valence electrons. The summed E-state index contributed by atoms with van der Waals surface area (Å²) in [4.78, 5) is 24.1. The Balaban J connectivity index is 2.60. The van der Waals surface area contributed by atoms with Crippen molar-refractivity contribution in [2.75, 3.05) is 21.3 Å². The van der Waals surface area contributed by atoms with Crippen LogP contribution < -0.4 is 14.8 Å². The quantitative estimate of drug-likeness (QED) is 0.808. The Morgan fingerprint density at radius 3 is 2.39 bits per heavy atom. The molecule has 1 N–H and O–H groups in total. The van der Waals surface area contributed by atoms with E-state index in [1.165, 1.54) is 14.2 Å². The number of esters is 1. The van der Waals surface area contributed by atoms with Gasteiger partial charge in [-0.15, -0.1) is 0 Å². The average Bonchev–Trinajstić information content (AvgIpc) is 2.53. The zero-order valence-electron chi connectivity index (χ0n) is 13.4. The first-order valence-corrected chi connectivity index (χ1v) is 7.72. The number of halogens is 1. The molecular weight excluding hydrogens is 366 g/mol. The van der Waals surface area contributed by atoms with E-state index in [9.17, 15) is 9.59 Å². The lowest BCUT2D eigenvalue weighted by Gasteiger charge is -2.27. The van der Waals surface area contributed by atoms with Gasteiger partial charge >= 0.3 is 5.97 Å². The molecule has 0 fully saturated rings. The van der Waals surface area contributed by atoms with Crippen molar-refractivity contribution in [3.63, 3.8) is 0 Å². The van der Waals surface area contributed by atoms with Gasteiger partial charge in [-0.25, -0.2) is 4.79 Å². The van der Waals surface area contributed by atoms with Gasteiger partial charge in [-0.05, 0) is 24.6 Å². The fourth-order valence-corrected chi connectivity index (χ4v) is 3.28. The third-order valence-electron chi connectivity index (χ3n) is 3.75. The summed E-state index contributed by atoms with van der Waals surface area (Å²) < 4.78 is 16.2. The molecule has 0 saturated carbocycles. The van der Waals surface area contributed by atoms with Crippen LogP contribution in [0.5, 0.6) is 11.5 Å². The van der Waals surface area contributed by atoms with Crippen LogP contribution in [0.15, 0.2) is 27.9 Å². The molecule has 1 amide bonds. The van der Waals surface area contributed by atoms with Crippen molar-refractivity contribution in [1.82, 2.24) is 5.32 Å². The highest BCUT2D eigenvalue weighted by molar-refractivity contribution is 9.10. The van der Waals surface area contributed by atoms with Crippen LogP contribution in [-0.4, -0.2) is 33.2 Å². The highest BCUT2D eigenvalue weighted by Crippen LogP contribution is 2.42. The van der Waals surface area contributed by atoms with Crippen molar-refractivity contribution in [2.45, 2.75) is 19.3 Å². The van der Waals surface area contributed by atoms with Crippen LogP contribution in [0.2, 0.25) is 0 Å². The fourth-order valence-electron chi connectivity index (χ4n) is 2.68. The number of rotatable bonds is 4. The van der Waals surface area contributed by atoms with E-state index in [0.29, 0.717) is 22.8 Å². The topological polar surface area (TPSA) is 73.9 Å². The molecule has 1 heterocycles. The highest BCUT2D eigenvalue weighted by atomic mass is 79.9. The summed E-state index contributed by atoms with van der Waals surface area (Å²) in [6.07, 6.45) is 0.149. The van der Waals surface area contributed by atoms with Gasteiger partial charge in [0.2, 0.25) is 5.91 Å². The molecule has 0 radical (unpaired) electrons. The van der Waals surface area contributed by atoms with Crippen LogP contribution in [0.3, 0.4) is 0 Å². The number of amides is 1. The lowest BCUT2D eigenvalue weighted by molar-refractivity contribution is -0.136. The van der Waals surface area contributed by atoms with Crippen molar-refractivity contribution in [2.24, 2.45) is 0 Å². The first kappa shape index (κ1) is 17.3. The summed E-state index contributed by atoms with van der Waals surface area (Å²) >= 11 is 3.48. The van der Waals surface area contributed by atoms with Gasteiger partial charge in [-0.3, -0.25) is 4.79 Å². The van der Waals surface area contributed by atoms with E-state index in [2.05, 4.69) is 21.2 Å². The van der Waals surface area contributed by atoms with Gasteiger partial charge in [-0.2, -0.15) is 0 Å². The number of carbonyl (C=O) groups is 2. The van der Waals surface area contributed by atoms with Gasteiger partial charge in [0.15, 0.2) is 11.5 Å². The van der Waals surface area contributed by atoms with Crippen LogP contribution in [0.1, 0.15) is 24.8 Å². The molecule has 6 nitrogen and oxygen atoms in total. The van der Waals surface area contributed by atoms with Gasteiger partial charge in [0, 0.05) is 22.5 Å². The zero-order chi connectivity index (χ0) is 17.1. The molecule has 0 aromatic heterocycles. The standard InChI is InChI=1S/C16H18BrNO5/c1-8-15(16(20)23-4)10(6-14(19)18-8)9-5-12(21-2)13(22-3)7-11(9)17/h5,7,10H,6H2,1-4H3,(H,18,19). The third-order valence-corrected chi connectivity index (χ3v) is 4.44. The molecule has 0 saturated heterocycles. The van der Waals surface area contributed by atoms with Crippen molar-refractivity contribution in [3.8, 4) is 11.5 Å². The second-order valence-corrected chi connectivity index (χ2v) is 5.92. The van der Waals surface area contributed by atoms with Crippen LogP contribution >= 0.6 is 15.9 Å². The molecule has 23 heavy (non-hydrogen) atoms. The Hall–Kier alpha value is -2.02. The lowest BCUT2D eigenvalue weighted by atomic mass is 9.84. The van der Waals surface area contributed by atoms with E-state index in [4.69, 9.17) is 14.2 Å². The maximum atomic E-state index is 12.2. The molecule has 1 aliphatic heterocycles. The van der Waals surface area contributed by atoms with Crippen molar-refractivity contribution in [3.05, 3.63) is 33.4 Å². The molecule has 0 aliphatic carbocycles. The van der Waals surface area contributed by atoms with E-state index in [1.807, 2.05) is 0 Å². The molecule has 1 aliphatic rings. The molecule has 1 atom stereocenters. The van der Waals surface area contributed by atoms with Crippen LogP contribution in [0.25, 0.3) is 0 Å². The normalized spacial score (nSPS) is 17.6.